The van der Waals surface area contributed by atoms with Gasteiger partial charge >= 0.3 is 0 Å². The van der Waals surface area contributed by atoms with Gasteiger partial charge in [0.2, 0.25) is 0 Å². The second kappa shape index (κ2) is 4.94. The smallest absolute Gasteiger partial charge is 0.0979 e. The molecule has 3 heteroatoms. The Morgan fingerprint density at radius 1 is 1.31 bits per heavy atom. The van der Waals surface area contributed by atoms with Gasteiger partial charge in [0.1, 0.15) is 0 Å². The molecule has 3 nitrogen and oxygen atoms in total. The normalized spacial score (nSPS) is 30.2. The highest BCUT2D eigenvalue weighted by Crippen LogP contribution is 2.16. The van der Waals surface area contributed by atoms with Gasteiger partial charge in [-0.3, -0.25) is 0 Å². The first-order chi connectivity index (χ1) is 6.13. The average molecular weight is 187 g/mol. The van der Waals surface area contributed by atoms with Gasteiger partial charge in [-0.2, -0.15) is 0 Å². The molecule has 1 fully saturated rings. The van der Waals surface area contributed by atoms with E-state index >= 15 is 0 Å². The molecule has 0 saturated carbocycles. The lowest BCUT2D eigenvalue weighted by Crippen LogP contribution is -2.32. The SMILES string of the molecule is CCO[C@@H]1CN(C)C[C@H]1OC(C)C. The fourth-order valence-electron chi connectivity index (χ4n) is 1.78. The van der Waals surface area contributed by atoms with Gasteiger partial charge < -0.3 is 14.4 Å². The molecule has 1 saturated heterocycles. The lowest BCUT2D eigenvalue weighted by molar-refractivity contribution is -0.0654. The van der Waals surface area contributed by atoms with Crippen molar-refractivity contribution < 1.29 is 9.47 Å². The van der Waals surface area contributed by atoms with Gasteiger partial charge in [-0.05, 0) is 27.8 Å². The Morgan fingerprint density at radius 3 is 2.46 bits per heavy atom. The predicted molar refractivity (Wildman–Crippen MR) is 52.9 cm³/mol. The summed E-state index contributed by atoms with van der Waals surface area (Å²) in [4.78, 5) is 2.26. The van der Waals surface area contributed by atoms with Crippen molar-refractivity contribution in [1.82, 2.24) is 4.90 Å². The van der Waals surface area contributed by atoms with E-state index in [4.69, 9.17) is 9.47 Å². The zero-order chi connectivity index (χ0) is 9.84. The molecule has 0 aromatic heterocycles. The van der Waals surface area contributed by atoms with E-state index in [0.29, 0.717) is 6.10 Å². The van der Waals surface area contributed by atoms with Crippen molar-refractivity contribution in [2.75, 3.05) is 26.7 Å². The zero-order valence-corrected chi connectivity index (χ0v) is 9.12. The van der Waals surface area contributed by atoms with Gasteiger partial charge in [-0.1, -0.05) is 0 Å². The summed E-state index contributed by atoms with van der Waals surface area (Å²) in [5.74, 6) is 0. The maximum absolute atomic E-state index is 5.78. The third-order valence-corrected chi connectivity index (χ3v) is 2.23. The van der Waals surface area contributed by atoms with E-state index in [9.17, 15) is 0 Å². The lowest BCUT2D eigenvalue weighted by atomic mass is 10.2. The van der Waals surface area contributed by atoms with Crippen LogP contribution in [0.2, 0.25) is 0 Å². The summed E-state index contributed by atoms with van der Waals surface area (Å²) in [6, 6.07) is 0. The van der Waals surface area contributed by atoms with Crippen LogP contribution in [0.1, 0.15) is 20.8 Å². The molecule has 1 rings (SSSR count). The summed E-state index contributed by atoms with van der Waals surface area (Å²) < 4.78 is 11.4. The summed E-state index contributed by atoms with van der Waals surface area (Å²) in [5, 5.41) is 0. The molecule has 0 bridgehead atoms. The molecule has 13 heavy (non-hydrogen) atoms. The molecule has 0 radical (unpaired) electrons. The summed E-state index contributed by atoms with van der Waals surface area (Å²) in [6.07, 6.45) is 0.807. The molecule has 0 aromatic rings. The monoisotopic (exact) mass is 187 g/mol. The topological polar surface area (TPSA) is 21.7 Å². The van der Waals surface area contributed by atoms with E-state index in [1.165, 1.54) is 0 Å². The second-order valence-electron chi connectivity index (χ2n) is 3.94. The molecular weight excluding hydrogens is 166 g/mol. The quantitative estimate of drug-likeness (QED) is 0.658. The maximum Gasteiger partial charge on any atom is 0.0979 e. The van der Waals surface area contributed by atoms with Crippen molar-refractivity contribution in [2.45, 2.75) is 39.1 Å². The van der Waals surface area contributed by atoms with Crippen LogP contribution in [-0.2, 0) is 9.47 Å². The molecule has 1 aliphatic heterocycles. The van der Waals surface area contributed by atoms with Crippen LogP contribution < -0.4 is 0 Å². The number of nitrogens with zero attached hydrogens (tertiary/aromatic N) is 1. The molecule has 0 aliphatic carbocycles. The van der Waals surface area contributed by atoms with Crippen molar-refractivity contribution in [3.8, 4) is 0 Å². The molecule has 0 unspecified atom stereocenters. The first-order valence-electron chi connectivity index (χ1n) is 5.09. The molecule has 2 atom stereocenters. The van der Waals surface area contributed by atoms with E-state index in [1.807, 2.05) is 6.92 Å². The fourth-order valence-corrected chi connectivity index (χ4v) is 1.78. The Labute approximate surface area is 81.0 Å². The van der Waals surface area contributed by atoms with E-state index in [1.54, 1.807) is 0 Å². The third kappa shape index (κ3) is 3.25. The number of likely N-dealkylation sites (tertiary alicyclic amines) is 1. The van der Waals surface area contributed by atoms with Crippen LogP contribution in [0.5, 0.6) is 0 Å². The third-order valence-electron chi connectivity index (χ3n) is 2.23. The summed E-state index contributed by atoms with van der Waals surface area (Å²) >= 11 is 0. The van der Waals surface area contributed by atoms with Crippen LogP contribution in [-0.4, -0.2) is 50.0 Å². The van der Waals surface area contributed by atoms with E-state index in [2.05, 4.69) is 25.8 Å². The number of hydrogen-bond donors (Lipinski definition) is 0. The first-order valence-corrected chi connectivity index (χ1v) is 5.09. The van der Waals surface area contributed by atoms with Gasteiger partial charge in [0, 0.05) is 19.7 Å². The molecule has 0 amide bonds. The van der Waals surface area contributed by atoms with E-state index < -0.39 is 0 Å². The van der Waals surface area contributed by atoms with Crippen molar-refractivity contribution in [1.29, 1.82) is 0 Å². The molecular formula is C10H21NO2. The Bertz CT molecular complexity index is 150. The highest BCUT2D eigenvalue weighted by atomic mass is 16.5. The largest absolute Gasteiger partial charge is 0.374 e. The molecule has 0 aromatic carbocycles. The number of rotatable bonds is 4. The summed E-state index contributed by atoms with van der Waals surface area (Å²) in [5.41, 5.74) is 0. The van der Waals surface area contributed by atoms with Crippen LogP contribution in [0.15, 0.2) is 0 Å². The van der Waals surface area contributed by atoms with Crippen LogP contribution in [0.4, 0.5) is 0 Å². The van der Waals surface area contributed by atoms with Crippen molar-refractivity contribution in [3.63, 3.8) is 0 Å². The molecule has 1 aliphatic rings. The van der Waals surface area contributed by atoms with Gasteiger partial charge in [-0.15, -0.1) is 0 Å². The molecule has 0 spiro atoms. The minimum atomic E-state index is 0.255. The van der Waals surface area contributed by atoms with Gasteiger partial charge in [0.05, 0.1) is 18.3 Å². The Balaban J connectivity index is 2.40. The van der Waals surface area contributed by atoms with Crippen LogP contribution in [0.25, 0.3) is 0 Å². The van der Waals surface area contributed by atoms with Crippen molar-refractivity contribution in [2.24, 2.45) is 0 Å². The molecule has 78 valence electrons. The molecule has 1 heterocycles. The van der Waals surface area contributed by atoms with Crippen molar-refractivity contribution >= 4 is 0 Å². The predicted octanol–water partition coefficient (Wildman–Crippen LogP) is 1.13. The zero-order valence-electron chi connectivity index (χ0n) is 9.12. The standard InChI is InChI=1S/C10H21NO2/c1-5-12-9-6-11(4)7-10(9)13-8(2)3/h8-10H,5-7H2,1-4H3/t9-,10-/m1/s1. The Kier molecular flexibility index (Phi) is 4.16. The second-order valence-corrected chi connectivity index (χ2v) is 3.94. The maximum atomic E-state index is 5.78. The highest BCUT2D eigenvalue weighted by molar-refractivity contribution is 4.84. The van der Waals surface area contributed by atoms with Gasteiger partial charge in [0.15, 0.2) is 0 Å². The Hall–Kier alpha value is -0.120. The van der Waals surface area contributed by atoms with Crippen LogP contribution >= 0.6 is 0 Å². The number of ether oxygens (including phenoxy) is 2. The number of likely N-dealkylation sites (N-methyl/N-ethyl adjacent to an activating group) is 1. The number of hydrogen-bond acceptors (Lipinski definition) is 3. The average Bonchev–Trinajstić information content (AvgIpc) is 2.31. The summed E-state index contributed by atoms with van der Waals surface area (Å²) in [6.45, 7) is 8.93. The minimum absolute atomic E-state index is 0.255. The molecule has 0 N–H and O–H groups in total. The van der Waals surface area contributed by atoms with Crippen LogP contribution in [0.3, 0.4) is 0 Å². The summed E-state index contributed by atoms with van der Waals surface area (Å²) in [7, 11) is 2.11. The van der Waals surface area contributed by atoms with E-state index in [0.717, 1.165) is 19.7 Å². The van der Waals surface area contributed by atoms with Gasteiger partial charge in [-0.25, -0.2) is 0 Å². The highest BCUT2D eigenvalue weighted by Gasteiger charge is 2.32. The van der Waals surface area contributed by atoms with Crippen molar-refractivity contribution in [3.05, 3.63) is 0 Å². The Morgan fingerprint density at radius 2 is 1.92 bits per heavy atom. The van der Waals surface area contributed by atoms with Crippen LogP contribution in [0, 0.1) is 0 Å². The van der Waals surface area contributed by atoms with Gasteiger partial charge in [0.25, 0.3) is 0 Å². The lowest BCUT2D eigenvalue weighted by Gasteiger charge is -2.21. The first kappa shape index (κ1) is 11.0. The minimum Gasteiger partial charge on any atom is -0.374 e. The fraction of sp³-hybridized carbons (Fsp3) is 1.00. The van der Waals surface area contributed by atoms with E-state index in [-0.39, 0.29) is 12.2 Å².